The summed E-state index contributed by atoms with van der Waals surface area (Å²) in [7, 11) is 0. The minimum atomic E-state index is 0.235. The van der Waals surface area contributed by atoms with Gasteiger partial charge in [0, 0.05) is 37.3 Å². The topological polar surface area (TPSA) is 23.6 Å². The van der Waals surface area contributed by atoms with Gasteiger partial charge in [0.05, 0.1) is 0 Å². The minimum Gasteiger partial charge on any atom is -0.309 e. The number of para-hydroxylation sites is 1. The van der Waals surface area contributed by atoms with Crippen molar-refractivity contribution in [2.45, 2.75) is 52.1 Å². The SMILES string of the molecule is CCC(=O)N(c1ccccc1)C1CCN(C(C)C)CC1.c1cc2ccc1-2. The average Bonchev–Trinajstić information content (AvgIpc) is 2.66. The van der Waals surface area contributed by atoms with E-state index < -0.39 is 0 Å². The van der Waals surface area contributed by atoms with Crippen molar-refractivity contribution >= 4 is 11.6 Å². The highest BCUT2D eigenvalue weighted by molar-refractivity contribution is 5.93. The molecule has 0 unspecified atom stereocenters. The number of nitrogens with zero attached hydrogens (tertiary/aromatic N) is 2. The van der Waals surface area contributed by atoms with Crippen LogP contribution in [0.5, 0.6) is 0 Å². The number of rotatable bonds is 4. The molecule has 2 aliphatic carbocycles. The van der Waals surface area contributed by atoms with Crippen LogP contribution < -0.4 is 4.90 Å². The lowest BCUT2D eigenvalue weighted by Crippen LogP contribution is -2.49. The van der Waals surface area contributed by atoms with Gasteiger partial charge in [0.2, 0.25) is 5.91 Å². The maximum Gasteiger partial charge on any atom is 0.226 e. The molecule has 1 aromatic carbocycles. The standard InChI is InChI=1S/C17H26N2O.C6H4/c1-4-17(20)19(15-8-6-5-7-9-15)16-10-12-18(13-11-16)14(2)3;1-2-6-4-3-5(1)6/h5-9,14,16H,4,10-13H2,1-3H3;1-4H. The van der Waals surface area contributed by atoms with Crippen molar-refractivity contribution in [1.82, 2.24) is 4.90 Å². The molecule has 1 heterocycles. The van der Waals surface area contributed by atoms with Crippen molar-refractivity contribution in [2.24, 2.45) is 0 Å². The number of carbonyl (C=O) groups is 1. The van der Waals surface area contributed by atoms with Gasteiger partial charge in [-0.2, -0.15) is 0 Å². The normalized spacial score (nSPS) is 16.0. The molecule has 0 radical (unpaired) electrons. The molecule has 0 N–H and O–H groups in total. The number of likely N-dealkylation sites (tertiary alicyclic amines) is 1. The summed E-state index contributed by atoms with van der Waals surface area (Å²) in [5, 5.41) is 0. The van der Waals surface area contributed by atoms with Crippen LogP contribution in [0.4, 0.5) is 5.69 Å². The molecule has 3 heteroatoms. The van der Waals surface area contributed by atoms with Crippen molar-refractivity contribution in [1.29, 1.82) is 0 Å². The van der Waals surface area contributed by atoms with Crippen molar-refractivity contribution in [3.63, 3.8) is 0 Å². The highest BCUT2D eigenvalue weighted by Crippen LogP contribution is 2.29. The lowest BCUT2D eigenvalue weighted by molar-refractivity contribution is -0.119. The molecular formula is C23H30N2O. The fraction of sp³-hybridized carbons (Fsp3) is 0.435. The Hall–Kier alpha value is -2.13. The summed E-state index contributed by atoms with van der Waals surface area (Å²) < 4.78 is 0. The number of hydrogen-bond acceptors (Lipinski definition) is 2. The van der Waals surface area contributed by atoms with Crippen LogP contribution in [0.2, 0.25) is 0 Å². The van der Waals surface area contributed by atoms with E-state index in [9.17, 15) is 4.79 Å². The van der Waals surface area contributed by atoms with Crippen LogP contribution in [0.15, 0.2) is 54.6 Å². The largest absolute Gasteiger partial charge is 0.309 e. The second-order valence-electron chi connectivity index (χ2n) is 7.39. The molecule has 1 amide bonds. The number of hydrogen-bond donors (Lipinski definition) is 0. The quantitative estimate of drug-likeness (QED) is 0.663. The Balaban J connectivity index is 0.000000269. The Bertz CT molecular complexity index is 680. The van der Waals surface area contributed by atoms with Gasteiger partial charge in [0.25, 0.3) is 0 Å². The van der Waals surface area contributed by atoms with E-state index in [0.29, 0.717) is 18.5 Å². The predicted octanol–water partition coefficient (Wildman–Crippen LogP) is 4.97. The van der Waals surface area contributed by atoms with Gasteiger partial charge in [-0.15, -0.1) is 0 Å². The van der Waals surface area contributed by atoms with Crippen LogP contribution >= 0.6 is 0 Å². The lowest BCUT2D eigenvalue weighted by Gasteiger charge is -2.40. The summed E-state index contributed by atoms with van der Waals surface area (Å²) in [6, 6.07) is 19.5. The molecule has 1 aliphatic heterocycles. The van der Waals surface area contributed by atoms with Crippen LogP contribution in [0, 0.1) is 0 Å². The van der Waals surface area contributed by atoms with Crippen LogP contribution in [-0.4, -0.2) is 36.0 Å². The first-order valence-corrected chi connectivity index (χ1v) is 9.81. The maximum absolute atomic E-state index is 12.3. The molecule has 0 atom stereocenters. The minimum absolute atomic E-state index is 0.235. The fourth-order valence-corrected chi connectivity index (χ4v) is 3.64. The zero-order valence-electron chi connectivity index (χ0n) is 16.2. The zero-order valence-corrected chi connectivity index (χ0v) is 16.2. The molecule has 0 saturated carbocycles. The molecule has 0 spiro atoms. The van der Waals surface area contributed by atoms with E-state index in [1.807, 2.05) is 42.2 Å². The van der Waals surface area contributed by atoms with Gasteiger partial charge in [-0.25, -0.2) is 0 Å². The number of benzene rings is 2. The van der Waals surface area contributed by atoms with E-state index in [-0.39, 0.29) is 5.91 Å². The van der Waals surface area contributed by atoms with Gasteiger partial charge in [-0.05, 0) is 49.9 Å². The molecule has 3 aliphatic rings. The second-order valence-corrected chi connectivity index (χ2v) is 7.39. The highest BCUT2D eigenvalue weighted by Gasteiger charge is 2.28. The van der Waals surface area contributed by atoms with Crippen molar-refractivity contribution in [2.75, 3.05) is 18.0 Å². The number of fused-ring (bicyclic) bond motifs is 1. The van der Waals surface area contributed by atoms with Crippen molar-refractivity contribution in [3.8, 4) is 11.1 Å². The Labute approximate surface area is 157 Å². The monoisotopic (exact) mass is 350 g/mol. The Morgan fingerprint density at radius 3 is 1.92 bits per heavy atom. The summed E-state index contributed by atoms with van der Waals surface area (Å²) in [5.41, 5.74) is 3.90. The zero-order chi connectivity index (χ0) is 18.5. The first-order valence-electron chi connectivity index (χ1n) is 9.81. The molecule has 0 aromatic heterocycles. The Morgan fingerprint density at radius 2 is 1.54 bits per heavy atom. The van der Waals surface area contributed by atoms with E-state index in [2.05, 4.69) is 43.0 Å². The highest BCUT2D eigenvalue weighted by atomic mass is 16.2. The predicted molar refractivity (Wildman–Crippen MR) is 109 cm³/mol. The summed E-state index contributed by atoms with van der Waals surface area (Å²) in [5.74, 6) is 0.235. The maximum atomic E-state index is 12.3. The van der Waals surface area contributed by atoms with Crippen molar-refractivity contribution < 1.29 is 4.79 Å². The van der Waals surface area contributed by atoms with Gasteiger partial charge >= 0.3 is 0 Å². The van der Waals surface area contributed by atoms with E-state index in [1.165, 1.54) is 11.1 Å². The number of amides is 1. The Morgan fingerprint density at radius 1 is 1.00 bits per heavy atom. The molecule has 138 valence electrons. The number of carbonyl (C=O) groups excluding carboxylic acids is 1. The van der Waals surface area contributed by atoms with E-state index in [0.717, 1.165) is 31.6 Å². The molecule has 4 rings (SSSR count). The third-order valence-electron chi connectivity index (χ3n) is 5.42. The molecule has 1 saturated heterocycles. The van der Waals surface area contributed by atoms with Crippen LogP contribution in [0.1, 0.15) is 40.0 Å². The molecule has 26 heavy (non-hydrogen) atoms. The van der Waals surface area contributed by atoms with Gasteiger partial charge in [0.1, 0.15) is 0 Å². The van der Waals surface area contributed by atoms with Crippen LogP contribution in [-0.2, 0) is 4.79 Å². The summed E-state index contributed by atoms with van der Waals surface area (Å²) in [6.07, 6.45) is 2.71. The summed E-state index contributed by atoms with van der Waals surface area (Å²) in [6.45, 7) is 8.60. The molecule has 1 aromatic rings. The first-order chi connectivity index (χ1) is 12.6. The van der Waals surface area contributed by atoms with Gasteiger partial charge in [-0.1, -0.05) is 49.4 Å². The third-order valence-corrected chi connectivity index (χ3v) is 5.42. The molecule has 0 bridgehead atoms. The number of anilines is 1. The van der Waals surface area contributed by atoms with Gasteiger partial charge in [0.15, 0.2) is 0 Å². The fourth-order valence-electron chi connectivity index (χ4n) is 3.64. The smallest absolute Gasteiger partial charge is 0.226 e. The average molecular weight is 351 g/mol. The van der Waals surface area contributed by atoms with Crippen LogP contribution in [0.3, 0.4) is 0 Å². The number of piperidine rings is 1. The first kappa shape index (κ1) is 18.7. The molecule has 3 nitrogen and oxygen atoms in total. The Kier molecular flexibility index (Phi) is 6.10. The van der Waals surface area contributed by atoms with E-state index >= 15 is 0 Å². The second kappa shape index (κ2) is 8.50. The van der Waals surface area contributed by atoms with E-state index in [1.54, 1.807) is 0 Å². The molecule has 1 fully saturated rings. The summed E-state index contributed by atoms with van der Waals surface area (Å²) >= 11 is 0. The third kappa shape index (κ3) is 4.16. The van der Waals surface area contributed by atoms with Gasteiger partial charge < -0.3 is 9.80 Å². The van der Waals surface area contributed by atoms with Gasteiger partial charge in [-0.3, -0.25) is 4.79 Å². The lowest BCUT2D eigenvalue weighted by atomic mass is 9.95. The molecular weight excluding hydrogens is 320 g/mol. The van der Waals surface area contributed by atoms with Crippen molar-refractivity contribution in [3.05, 3.63) is 54.6 Å². The van der Waals surface area contributed by atoms with Crippen LogP contribution in [0.25, 0.3) is 11.1 Å². The summed E-state index contributed by atoms with van der Waals surface area (Å²) in [4.78, 5) is 16.9. The van der Waals surface area contributed by atoms with E-state index in [4.69, 9.17) is 0 Å².